The van der Waals surface area contributed by atoms with Crippen LogP contribution in [0.4, 0.5) is 0 Å². The fraction of sp³-hybridized carbons (Fsp3) is 0.308. The van der Waals surface area contributed by atoms with E-state index in [0.717, 1.165) is 4.88 Å². The summed E-state index contributed by atoms with van der Waals surface area (Å²) in [7, 11) is 2.04. The Morgan fingerprint density at radius 3 is 2.76 bits per heavy atom. The first-order valence-corrected chi connectivity index (χ1v) is 6.41. The molecule has 0 saturated heterocycles. The van der Waals surface area contributed by atoms with Crippen LogP contribution >= 0.6 is 11.3 Å². The molecule has 0 spiro atoms. The first kappa shape index (κ1) is 11.9. The fourth-order valence-corrected chi connectivity index (χ4v) is 2.42. The molecule has 0 aliphatic heterocycles. The predicted molar refractivity (Wildman–Crippen MR) is 70.4 cm³/mol. The van der Waals surface area contributed by atoms with Crippen LogP contribution in [0.2, 0.25) is 0 Å². The molecule has 0 aliphatic rings. The van der Waals surface area contributed by atoms with Gasteiger partial charge >= 0.3 is 0 Å². The minimum absolute atomic E-state index is 0.000839. The molecule has 0 radical (unpaired) electrons. The lowest BCUT2D eigenvalue weighted by Gasteiger charge is -2.04. The molecular formula is C13H16N2OS. The Bertz CT molecular complexity index is 526. The molecule has 0 fully saturated rings. The quantitative estimate of drug-likeness (QED) is 0.890. The van der Waals surface area contributed by atoms with Crippen LogP contribution in [-0.4, -0.2) is 10.5 Å². The number of nitrogens with zero attached hydrogens (tertiary/aromatic N) is 1. The summed E-state index contributed by atoms with van der Waals surface area (Å²) in [6, 6.07) is 5.84. The Labute approximate surface area is 105 Å². The van der Waals surface area contributed by atoms with E-state index in [4.69, 9.17) is 0 Å². The summed E-state index contributed by atoms with van der Waals surface area (Å²) in [5, 5.41) is 4.85. The fourth-order valence-electron chi connectivity index (χ4n) is 1.78. The Hall–Kier alpha value is -1.55. The van der Waals surface area contributed by atoms with E-state index < -0.39 is 0 Å². The number of carbonyl (C=O) groups is 1. The lowest BCUT2D eigenvalue weighted by atomic mass is 10.2. The molecule has 1 N–H and O–H groups in total. The molecule has 0 bridgehead atoms. The van der Waals surface area contributed by atoms with Gasteiger partial charge in [-0.25, -0.2) is 0 Å². The lowest BCUT2D eigenvalue weighted by Crippen LogP contribution is -2.22. The van der Waals surface area contributed by atoms with Crippen LogP contribution in [0.15, 0.2) is 23.6 Å². The molecule has 0 saturated carbocycles. The van der Waals surface area contributed by atoms with Crippen molar-refractivity contribution in [2.45, 2.75) is 20.4 Å². The van der Waals surface area contributed by atoms with Gasteiger partial charge in [-0.2, -0.15) is 0 Å². The second kappa shape index (κ2) is 4.75. The average molecular weight is 248 g/mol. The number of aryl methyl sites for hydroxylation is 1. The summed E-state index contributed by atoms with van der Waals surface area (Å²) in [4.78, 5) is 12.5. The van der Waals surface area contributed by atoms with Crippen LogP contribution in [0.5, 0.6) is 0 Å². The van der Waals surface area contributed by atoms with E-state index in [9.17, 15) is 4.79 Å². The minimum atomic E-state index is 0.000839. The number of thiophene rings is 1. The number of hydrogen-bond donors (Lipinski definition) is 1. The lowest BCUT2D eigenvalue weighted by molar-refractivity contribution is 0.0955. The molecule has 0 aromatic carbocycles. The van der Waals surface area contributed by atoms with Crippen molar-refractivity contribution in [1.29, 1.82) is 0 Å². The third kappa shape index (κ3) is 2.42. The van der Waals surface area contributed by atoms with Gasteiger partial charge in [0.2, 0.25) is 0 Å². The third-order valence-electron chi connectivity index (χ3n) is 3.06. The molecule has 2 heterocycles. The van der Waals surface area contributed by atoms with Gasteiger partial charge in [0, 0.05) is 25.0 Å². The van der Waals surface area contributed by atoms with E-state index in [1.54, 1.807) is 0 Å². The van der Waals surface area contributed by atoms with Crippen LogP contribution in [0, 0.1) is 13.8 Å². The number of aromatic nitrogens is 1. The molecule has 0 atom stereocenters. The standard InChI is InChI=1S/C13H16N2OS/c1-9-7-11(10(2)15(9)3)8-14-13(16)12-5-4-6-17-12/h4-7H,8H2,1-3H3,(H,14,16). The molecule has 3 nitrogen and oxygen atoms in total. The van der Waals surface area contributed by atoms with Crippen LogP contribution in [0.25, 0.3) is 0 Å². The highest BCUT2D eigenvalue weighted by Crippen LogP contribution is 2.13. The van der Waals surface area contributed by atoms with Gasteiger partial charge in [-0.05, 0) is 36.9 Å². The van der Waals surface area contributed by atoms with E-state index in [2.05, 4.69) is 29.8 Å². The average Bonchev–Trinajstić information content (AvgIpc) is 2.91. The Morgan fingerprint density at radius 2 is 2.24 bits per heavy atom. The first-order valence-electron chi connectivity index (χ1n) is 5.53. The molecule has 2 aromatic rings. The zero-order valence-corrected chi connectivity index (χ0v) is 11.1. The second-order valence-electron chi connectivity index (χ2n) is 4.12. The monoisotopic (exact) mass is 248 g/mol. The van der Waals surface area contributed by atoms with Gasteiger partial charge in [-0.15, -0.1) is 11.3 Å². The van der Waals surface area contributed by atoms with Crippen molar-refractivity contribution in [3.05, 3.63) is 45.4 Å². The molecule has 0 unspecified atom stereocenters. The summed E-state index contributed by atoms with van der Waals surface area (Å²) in [5.41, 5.74) is 3.59. The molecular weight excluding hydrogens is 232 g/mol. The molecule has 2 aromatic heterocycles. The minimum Gasteiger partial charge on any atom is -0.352 e. The number of rotatable bonds is 3. The first-order chi connectivity index (χ1) is 8.09. The van der Waals surface area contributed by atoms with Gasteiger partial charge in [0.25, 0.3) is 5.91 Å². The molecule has 2 rings (SSSR count). The maximum Gasteiger partial charge on any atom is 0.261 e. The van der Waals surface area contributed by atoms with Crippen LogP contribution < -0.4 is 5.32 Å². The summed E-state index contributed by atoms with van der Waals surface area (Å²) in [6.45, 7) is 4.72. The molecule has 17 heavy (non-hydrogen) atoms. The van der Waals surface area contributed by atoms with Gasteiger partial charge in [-0.3, -0.25) is 4.79 Å². The predicted octanol–water partition coefficient (Wildman–Crippen LogP) is 2.63. The molecule has 90 valence electrons. The molecule has 1 amide bonds. The molecule has 4 heteroatoms. The highest BCUT2D eigenvalue weighted by atomic mass is 32.1. The van der Waals surface area contributed by atoms with Crippen molar-refractivity contribution < 1.29 is 4.79 Å². The van der Waals surface area contributed by atoms with Gasteiger partial charge in [0.1, 0.15) is 0 Å². The number of nitrogens with one attached hydrogen (secondary N) is 1. The maximum atomic E-state index is 11.8. The van der Waals surface area contributed by atoms with Crippen molar-refractivity contribution in [2.75, 3.05) is 0 Å². The van der Waals surface area contributed by atoms with Gasteiger partial charge in [0.05, 0.1) is 4.88 Å². The van der Waals surface area contributed by atoms with Crippen molar-refractivity contribution in [1.82, 2.24) is 9.88 Å². The smallest absolute Gasteiger partial charge is 0.261 e. The zero-order chi connectivity index (χ0) is 12.4. The summed E-state index contributed by atoms with van der Waals surface area (Å²) in [5.74, 6) is 0.000839. The summed E-state index contributed by atoms with van der Waals surface area (Å²) >= 11 is 1.46. The van der Waals surface area contributed by atoms with Crippen molar-refractivity contribution in [3.63, 3.8) is 0 Å². The largest absolute Gasteiger partial charge is 0.352 e. The van der Waals surface area contributed by atoms with E-state index >= 15 is 0 Å². The van der Waals surface area contributed by atoms with E-state index in [-0.39, 0.29) is 5.91 Å². The van der Waals surface area contributed by atoms with Crippen LogP contribution in [-0.2, 0) is 13.6 Å². The van der Waals surface area contributed by atoms with Crippen molar-refractivity contribution in [2.24, 2.45) is 7.05 Å². The number of hydrogen-bond acceptors (Lipinski definition) is 2. The highest BCUT2D eigenvalue weighted by Gasteiger charge is 2.09. The highest BCUT2D eigenvalue weighted by molar-refractivity contribution is 7.12. The second-order valence-corrected chi connectivity index (χ2v) is 5.06. The third-order valence-corrected chi connectivity index (χ3v) is 3.93. The van der Waals surface area contributed by atoms with Gasteiger partial charge in [-0.1, -0.05) is 6.07 Å². The van der Waals surface area contributed by atoms with Gasteiger partial charge in [0.15, 0.2) is 0 Å². The SMILES string of the molecule is Cc1cc(CNC(=O)c2cccs2)c(C)n1C. The summed E-state index contributed by atoms with van der Waals surface area (Å²) < 4.78 is 2.13. The van der Waals surface area contributed by atoms with Crippen LogP contribution in [0.1, 0.15) is 26.6 Å². The zero-order valence-electron chi connectivity index (χ0n) is 10.3. The Balaban J connectivity index is 2.03. The van der Waals surface area contributed by atoms with Crippen molar-refractivity contribution >= 4 is 17.2 Å². The number of carbonyl (C=O) groups excluding carboxylic acids is 1. The van der Waals surface area contributed by atoms with E-state index in [1.165, 1.54) is 28.3 Å². The Kier molecular flexibility index (Phi) is 3.33. The topological polar surface area (TPSA) is 34.0 Å². The van der Waals surface area contributed by atoms with E-state index in [0.29, 0.717) is 6.54 Å². The molecule has 0 aliphatic carbocycles. The van der Waals surface area contributed by atoms with Crippen LogP contribution in [0.3, 0.4) is 0 Å². The Morgan fingerprint density at radius 1 is 1.47 bits per heavy atom. The van der Waals surface area contributed by atoms with Crippen molar-refractivity contribution in [3.8, 4) is 0 Å². The normalized spacial score (nSPS) is 10.5. The summed E-state index contributed by atoms with van der Waals surface area (Å²) in [6.07, 6.45) is 0. The number of amides is 1. The van der Waals surface area contributed by atoms with E-state index in [1.807, 2.05) is 24.6 Å². The maximum absolute atomic E-state index is 11.8. The van der Waals surface area contributed by atoms with Gasteiger partial charge < -0.3 is 9.88 Å².